The van der Waals surface area contributed by atoms with Crippen LogP contribution in [0.3, 0.4) is 0 Å². The first-order valence-electron chi connectivity index (χ1n) is 6.25. The van der Waals surface area contributed by atoms with Crippen molar-refractivity contribution in [1.82, 2.24) is 0 Å². The van der Waals surface area contributed by atoms with Crippen LogP contribution in [0.4, 0.5) is 5.69 Å². The summed E-state index contributed by atoms with van der Waals surface area (Å²) in [7, 11) is 0. The number of fused-ring (bicyclic) bond motifs is 5. The number of hydrogen-bond acceptors (Lipinski definition) is 2. The molecule has 1 aliphatic heterocycles. The first-order valence-corrected chi connectivity index (χ1v) is 6.25. The van der Waals surface area contributed by atoms with Crippen LogP contribution in [0, 0.1) is 11.8 Å². The van der Waals surface area contributed by atoms with Crippen LogP contribution in [0.15, 0.2) is 29.3 Å². The van der Waals surface area contributed by atoms with Gasteiger partial charge in [0.05, 0.1) is 11.1 Å². The van der Waals surface area contributed by atoms with Crippen LogP contribution >= 0.6 is 0 Å². The molecule has 3 atom stereocenters. The van der Waals surface area contributed by atoms with E-state index in [1.54, 1.807) is 0 Å². The quantitative estimate of drug-likeness (QED) is 0.705. The fourth-order valence-electron chi connectivity index (χ4n) is 4.29. The molecule has 0 radical (unpaired) electrons. The molecule has 82 valence electrons. The lowest BCUT2D eigenvalue weighted by atomic mass is 9.68. The van der Waals surface area contributed by atoms with Gasteiger partial charge in [0.2, 0.25) is 0 Å². The second-order valence-corrected chi connectivity index (χ2v) is 5.57. The molecule has 1 spiro atoms. The highest BCUT2D eigenvalue weighted by Gasteiger charge is 2.56. The van der Waals surface area contributed by atoms with Crippen molar-refractivity contribution < 1.29 is 0 Å². The molecule has 3 aliphatic rings. The molecule has 1 heterocycles. The van der Waals surface area contributed by atoms with Crippen molar-refractivity contribution in [3.05, 3.63) is 29.8 Å². The number of nitrogens with zero attached hydrogens (tertiary/aromatic N) is 1. The van der Waals surface area contributed by atoms with E-state index in [2.05, 4.69) is 29.3 Å². The van der Waals surface area contributed by atoms with E-state index in [4.69, 9.17) is 5.73 Å². The number of para-hydroxylation sites is 1. The Morgan fingerprint density at radius 3 is 2.88 bits per heavy atom. The predicted molar refractivity (Wildman–Crippen MR) is 64.9 cm³/mol. The van der Waals surface area contributed by atoms with Gasteiger partial charge in [-0.1, -0.05) is 24.6 Å². The van der Waals surface area contributed by atoms with E-state index < -0.39 is 0 Å². The average molecular weight is 212 g/mol. The molecule has 2 saturated carbocycles. The minimum Gasteiger partial charge on any atom is -0.386 e. The van der Waals surface area contributed by atoms with Crippen LogP contribution < -0.4 is 5.73 Å². The highest BCUT2D eigenvalue weighted by Crippen LogP contribution is 2.60. The summed E-state index contributed by atoms with van der Waals surface area (Å²) in [5.74, 6) is 2.54. The summed E-state index contributed by atoms with van der Waals surface area (Å²) < 4.78 is 0. The SMILES string of the molecule is NC1=Nc2ccccc2[C@]12C[C@H]1CC[C@@H]2C1. The van der Waals surface area contributed by atoms with Crippen LogP contribution in [-0.4, -0.2) is 5.84 Å². The van der Waals surface area contributed by atoms with Crippen molar-refractivity contribution in [3.63, 3.8) is 0 Å². The van der Waals surface area contributed by atoms with Gasteiger partial charge in [0, 0.05) is 0 Å². The number of benzene rings is 1. The summed E-state index contributed by atoms with van der Waals surface area (Å²) in [6.45, 7) is 0. The second kappa shape index (κ2) is 2.68. The third-order valence-corrected chi connectivity index (χ3v) is 4.93. The Hall–Kier alpha value is -1.31. The van der Waals surface area contributed by atoms with Crippen molar-refractivity contribution >= 4 is 11.5 Å². The summed E-state index contributed by atoms with van der Waals surface area (Å²) in [4.78, 5) is 4.60. The van der Waals surface area contributed by atoms with E-state index in [1.807, 2.05) is 0 Å². The van der Waals surface area contributed by atoms with Crippen molar-refractivity contribution in [2.75, 3.05) is 0 Å². The zero-order valence-corrected chi connectivity index (χ0v) is 9.32. The monoisotopic (exact) mass is 212 g/mol. The smallest absolute Gasteiger partial charge is 0.111 e. The van der Waals surface area contributed by atoms with E-state index >= 15 is 0 Å². The van der Waals surface area contributed by atoms with Crippen molar-refractivity contribution in [1.29, 1.82) is 0 Å². The number of rotatable bonds is 0. The molecule has 0 unspecified atom stereocenters. The summed E-state index contributed by atoms with van der Waals surface area (Å²) in [5.41, 5.74) is 8.91. The maximum absolute atomic E-state index is 6.26. The van der Waals surface area contributed by atoms with Gasteiger partial charge in [0.25, 0.3) is 0 Å². The Morgan fingerprint density at radius 1 is 1.25 bits per heavy atom. The largest absolute Gasteiger partial charge is 0.386 e. The summed E-state index contributed by atoms with van der Waals surface area (Å²) >= 11 is 0. The Kier molecular flexibility index (Phi) is 1.47. The van der Waals surface area contributed by atoms with Crippen LogP contribution in [0.25, 0.3) is 0 Å². The lowest BCUT2D eigenvalue weighted by Crippen LogP contribution is -2.43. The molecule has 4 rings (SSSR count). The summed E-state index contributed by atoms with van der Waals surface area (Å²) in [6, 6.07) is 8.52. The minimum absolute atomic E-state index is 0.125. The molecule has 2 fully saturated rings. The lowest BCUT2D eigenvalue weighted by molar-refractivity contribution is 0.358. The molecule has 2 nitrogen and oxygen atoms in total. The van der Waals surface area contributed by atoms with Crippen LogP contribution in [0.1, 0.15) is 31.2 Å². The molecule has 2 aliphatic carbocycles. The maximum Gasteiger partial charge on any atom is 0.111 e. The van der Waals surface area contributed by atoms with E-state index in [9.17, 15) is 0 Å². The molecule has 2 bridgehead atoms. The first-order chi connectivity index (χ1) is 7.80. The van der Waals surface area contributed by atoms with Crippen LogP contribution in [0.2, 0.25) is 0 Å². The molecule has 16 heavy (non-hydrogen) atoms. The molecule has 2 heteroatoms. The molecular weight excluding hydrogens is 196 g/mol. The molecule has 0 aromatic heterocycles. The summed E-state index contributed by atoms with van der Waals surface area (Å²) in [6.07, 6.45) is 5.35. The van der Waals surface area contributed by atoms with Gasteiger partial charge in [-0.25, -0.2) is 4.99 Å². The molecular formula is C14H16N2. The third kappa shape index (κ3) is 0.831. The standard InChI is InChI=1S/C14H16N2/c15-13-14(8-9-5-6-10(14)7-9)11-3-1-2-4-12(11)16-13/h1-4,9-10H,5-8H2,(H2,15,16)/t9-,10+,14+/m0/s1. The number of aliphatic imine (C=N–C) groups is 1. The van der Waals surface area contributed by atoms with Crippen LogP contribution in [0.5, 0.6) is 0 Å². The van der Waals surface area contributed by atoms with Gasteiger partial charge in [-0.2, -0.15) is 0 Å². The molecule has 1 aromatic carbocycles. The molecule has 2 N–H and O–H groups in total. The predicted octanol–water partition coefficient (Wildman–Crippen LogP) is 2.75. The van der Waals surface area contributed by atoms with Gasteiger partial charge in [-0.3, -0.25) is 0 Å². The van der Waals surface area contributed by atoms with Gasteiger partial charge in [-0.15, -0.1) is 0 Å². The second-order valence-electron chi connectivity index (χ2n) is 5.57. The van der Waals surface area contributed by atoms with E-state index in [-0.39, 0.29) is 5.41 Å². The molecule has 1 aromatic rings. The van der Waals surface area contributed by atoms with Gasteiger partial charge in [0.15, 0.2) is 0 Å². The molecule has 0 saturated heterocycles. The van der Waals surface area contributed by atoms with Gasteiger partial charge in [-0.05, 0) is 42.7 Å². The zero-order chi connectivity index (χ0) is 10.8. The van der Waals surface area contributed by atoms with Gasteiger partial charge in [0.1, 0.15) is 5.84 Å². The van der Waals surface area contributed by atoms with Gasteiger partial charge >= 0.3 is 0 Å². The zero-order valence-electron chi connectivity index (χ0n) is 9.32. The Balaban J connectivity index is 1.94. The van der Waals surface area contributed by atoms with E-state index in [0.717, 1.165) is 23.4 Å². The maximum atomic E-state index is 6.26. The lowest BCUT2D eigenvalue weighted by Gasteiger charge is -2.34. The minimum atomic E-state index is 0.125. The Labute approximate surface area is 95.6 Å². The topological polar surface area (TPSA) is 38.4 Å². The first kappa shape index (κ1) is 8.80. The number of amidine groups is 1. The van der Waals surface area contributed by atoms with Crippen LogP contribution in [-0.2, 0) is 5.41 Å². The van der Waals surface area contributed by atoms with E-state index in [1.165, 1.54) is 31.2 Å². The fraction of sp³-hybridized carbons (Fsp3) is 0.500. The van der Waals surface area contributed by atoms with Crippen molar-refractivity contribution in [2.24, 2.45) is 22.6 Å². The third-order valence-electron chi connectivity index (χ3n) is 4.93. The highest BCUT2D eigenvalue weighted by molar-refractivity contribution is 6.00. The Morgan fingerprint density at radius 2 is 2.12 bits per heavy atom. The van der Waals surface area contributed by atoms with Crippen molar-refractivity contribution in [2.45, 2.75) is 31.1 Å². The number of hydrogen-bond donors (Lipinski definition) is 1. The van der Waals surface area contributed by atoms with Gasteiger partial charge < -0.3 is 5.73 Å². The highest BCUT2D eigenvalue weighted by atomic mass is 14.9. The average Bonchev–Trinajstić information content (AvgIpc) is 2.95. The number of nitrogens with two attached hydrogens (primary N) is 1. The molecule has 0 amide bonds. The fourth-order valence-corrected chi connectivity index (χ4v) is 4.29. The Bertz CT molecular complexity index is 491. The van der Waals surface area contributed by atoms with Crippen molar-refractivity contribution in [3.8, 4) is 0 Å². The normalized spacial score (nSPS) is 39.1. The van der Waals surface area contributed by atoms with E-state index in [0.29, 0.717) is 0 Å². The summed E-state index contributed by atoms with van der Waals surface area (Å²) in [5, 5.41) is 0.